The van der Waals surface area contributed by atoms with Gasteiger partial charge in [0.1, 0.15) is 6.04 Å². The standard InChI is InChI=1S/C25H31F3N6O/c1-4-33-16-18(14-30-33)15-32-9-7-24(8-10-32)12-22(23(35)31(2)3)34(17-24)20-6-5-19(13-29)21(11-20)25(26,27)28/h5-6,11,14,16,22H,4,7-10,12,15,17H2,1-3H3. The summed E-state index contributed by atoms with van der Waals surface area (Å²) in [6.07, 6.45) is 1.64. The van der Waals surface area contributed by atoms with Gasteiger partial charge in [-0.3, -0.25) is 14.4 Å². The third kappa shape index (κ3) is 5.15. The van der Waals surface area contributed by atoms with Crippen molar-refractivity contribution in [3.8, 4) is 6.07 Å². The van der Waals surface area contributed by atoms with Gasteiger partial charge in [-0.05, 0) is 62.9 Å². The molecule has 4 rings (SSSR count). The Kier molecular flexibility index (Phi) is 6.82. The summed E-state index contributed by atoms with van der Waals surface area (Å²) >= 11 is 0. The molecular weight excluding hydrogens is 457 g/mol. The molecule has 1 unspecified atom stereocenters. The lowest BCUT2D eigenvalue weighted by Gasteiger charge is -2.39. The van der Waals surface area contributed by atoms with E-state index in [1.165, 1.54) is 17.0 Å². The summed E-state index contributed by atoms with van der Waals surface area (Å²) in [6, 6.07) is 4.86. The Hall–Kier alpha value is -3.06. The van der Waals surface area contributed by atoms with Crippen LogP contribution in [0.3, 0.4) is 0 Å². The highest BCUT2D eigenvalue weighted by Crippen LogP contribution is 2.46. The second-order valence-corrected chi connectivity index (χ2v) is 9.90. The number of alkyl halides is 3. The van der Waals surface area contributed by atoms with E-state index < -0.39 is 23.3 Å². The number of rotatable bonds is 5. The first-order valence-electron chi connectivity index (χ1n) is 11.9. The van der Waals surface area contributed by atoms with E-state index in [1.54, 1.807) is 20.2 Å². The number of carbonyl (C=O) groups is 1. The Balaban J connectivity index is 1.55. The van der Waals surface area contributed by atoms with E-state index in [-0.39, 0.29) is 11.3 Å². The normalized spacial score (nSPS) is 20.3. The molecule has 2 saturated heterocycles. The van der Waals surface area contributed by atoms with Crippen LogP contribution >= 0.6 is 0 Å². The minimum absolute atomic E-state index is 0.116. The predicted molar refractivity (Wildman–Crippen MR) is 125 cm³/mol. The Labute approximate surface area is 203 Å². The minimum atomic E-state index is -4.64. The molecule has 1 spiro atoms. The van der Waals surface area contributed by atoms with Crippen LogP contribution < -0.4 is 4.90 Å². The first kappa shape index (κ1) is 25.0. The molecule has 35 heavy (non-hydrogen) atoms. The molecule has 1 amide bonds. The van der Waals surface area contributed by atoms with Crippen LogP contribution in [0, 0.1) is 16.7 Å². The zero-order chi connectivity index (χ0) is 25.4. The Bertz CT molecular complexity index is 1110. The number of likely N-dealkylation sites (N-methyl/N-ethyl adjacent to an activating group) is 1. The van der Waals surface area contributed by atoms with Gasteiger partial charge in [-0.1, -0.05) is 0 Å². The summed E-state index contributed by atoms with van der Waals surface area (Å²) in [4.78, 5) is 18.8. The van der Waals surface area contributed by atoms with E-state index in [1.807, 2.05) is 22.7 Å². The number of aromatic nitrogens is 2. The summed E-state index contributed by atoms with van der Waals surface area (Å²) in [5.41, 5.74) is -0.0221. The second kappa shape index (κ2) is 9.53. The fourth-order valence-electron chi connectivity index (χ4n) is 5.36. The average molecular weight is 489 g/mol. The van der Waals surface area contributed by atoms with Gasteiger partial charge in [-0.15, -0.1) is 0 Å². The number of nitrogens with zero attached hydrogens (tertiary/aromatic N) is 6. The number of likely N-dealkylation sites (tertiary alicyclic amines) is 1. The molecule has 2 aliphatic rings. The van der Waals surface area contributed by atoms with Crippen molar-refractivity contribution in [1.29, 1.82) is 5.26 Å². The van der Waals surface area contributed by atoms with Crippen molar-refractivity contribution in [3.05, 3.63) is 47.3 Å². The molecular formula is C25H31F3N6O. The second-order valence-electron chi connectivity index (χ2n) is 9.90. The average Bonchev–Trinajstić information content (AvgIpc) is 3.44. The van der Waals surface area contributed by atoms with Crippen LogP contribution in [0.25, 0.3) is 0 Å². The summed E-state index contributed by atoms with van der Waals surface area (Å²) in [5.74, 6) is -0.116. The zero-order valence-electron chi connectivity index (χ0n) is 20.3. The molecule has 1 aromatic carbocycles. The first-order chi connectivity index (χ1) is 16.5. The van der Waals surface area contributed by atoms with Gasteiger partial charge in [0.05, 0.1) is 23.4 Å². The number of anilines is 1. The van der Waals surface area contributed by atoms with Gasteiger partial charge < -0.3 is 9.80 Å². The van der Waals surface area contributed by atoms with Crippen molar-refractivity contribution in [2.75, 3.05) is 38.6 Å². The number of halogens is 3. The van der Waals surface area contributed by atoms with Crippen molar-refractivity contribution in [2.24, 2.45) is 5.41 Å². The quantitative estimate of drug-likeness (QED) is 0.642. The summed E-state index contributed by atoms with van der Waals surface area (Å²) in [7, 11) is 3.34. The van der Waals surface area contributed by atoms with Gasteiger partial charge in [0, 0.05) is 51.2 Å². The Morgan fingerprint density at radius 1 is 1.29 bits per heavy atom. The smallest absolute Gasteiger partial charge is 0.359 e. The number of carbonyl (C=O) groups excluding carboxylic acids is 1. The molecule has 2 aromatic rings. The predicted octanol–water partition coefficient (Wildman–Crippen LogP) is 3.74. The van der Waals surface area contributed by atoms with Crippen molar-refractivity contribution >= 4 is 11.6 Å². The van der Waals surface area contributed by atoms with Crippen LogP contribution in [-0.4, -0.2) is 65.3 Å². The van der Waals surface area contributed by atoms with Gasteiger partial charge in [0.2, 0.25) is 5.91 Å². The maximum absolute atomic E-state index is 13.6. The largest absolute Gasteiger partial charge is 0.417 e. The van der Waals surface area contributed by atoms with Crippen molar-refractivity contribution < 1.29 is 18.0 Å². The number of amides is 1. The van der Waals surface area contributed by atoms with Gasteiger partial charge in [0.25, 0.3) is 0 Å². The van der Waals surface area contributed by atoms with Crippen LogP contribution in [0.15, 0.2) is 30.6 Å². The lowest BCUT2D eigenvalue weighted by molar-refractivity contribution is -0.137. The molecule has 0 N–H and O–H groups in total. The summed E-state index contributed by atoms with van der Waals surface area (Å²) < 4.78 is 42.8. The van der Waals surface area contributed by atoms with Gasteiger partial charge >= 0.3 is 6.18 Å². The summed E-state index contributed by atoms with van der Waals surface area (Å²) in [6.45, 7) is 5.91. The Morgan fingerprint density at radius 2 is 2.00 bits per heavy atom. The van der Waals surface area contributed by atoms with Gasteiger partial charge in [0.15, 0.2) is 0 Å². The molecule has 0 bridgehead atoms. The highest BCUT2D eigenvalue weighted by molar-refractivity contribution is 5.86. The number of aryl methyl sites for hydroxylation is 1. The highest BCUT2D eigenvalue weighted by Gasteiger charge is 2.49. The molecule has 7 nitrogen and oxygen atoms in total. The molecule has 1 atom stereocenters. The first-order valence-corrected chi connectivity index (χ1v) is 11.9. The Morgan fingerprint density at radius 3 is 2.57 bits per heavy atom. The molecule has 188 valence electrons. The highest BCUT2D eigenvalue weighted by atomic mass is 19.4. The molecule has 2 aliphatic heterocycles. The van der Waals surface area contributed by atoms with Crippen molar-refractivity contribution in [3.63, 3.8) is 0 Å². The van der Waals surface area contributed by atoms with Crippen LogP contribution in [0.4, 0.5) is 18.9 Å². The molecule has 10 heteroatoms. The molecule has 0 radical (unpaired) electrons. The molecule has 1 aromatic heterocycles. The van der Waals surface area contributed by atoms with Crippen molar-refractivity contribution in [2.45, 2.75) is 51.5 Å². The number of nitriles is 1. The van der Waals surface area contributed by atoms with E-state index in [0.717, 1.165) is 50.7 Å². The monoisotopic (exact) mass is 488 g/mol. The third-order valence-electron chi connectivity index (χ3n) is 7.33. The lowest BCUT2D eigenvalue weighted by Crippen LogP contribution is -2.43. The fourth-order valence-corrected chi connectivity index (χ4v) is 5.36. The molecule has 3 heterocycles. The topological polar surface area (TPSA) is 68.4 Å². The van der Waals surface area contributed by atoms with Crippen LogP contribution in [0.2, 0.25) is 0 Å². The molecule has 2 fully saturated rings. The van der Waals surface area contributed by atoms with E-state index in [0.29, 0.717) is 18.7 Å². The number of piperidine rings is 1. The zero-order valence-corrected chi connectivity index (χ0v) is 20.3. The van der Waals surface area contributed by atoms with Crippen LogP contribution in [-0.2, 0) is 24.1 Å². The van der Waals surface area contributed by atoms with Crippen LogP contribution in [0.1, 0.15) is 42.9 Å². The lowest BCUT2D eigenvalue weighted by atomic mass is 9.76. The number of hydrogen-bond acceptors (Lipinski definition) is 5. The minimum Gasteiger partial charge on any atom is -0.359 e. The van der Waals surface area contributed by atoms with E-state index >= 15 is 0 Å². The maximum Gasteiger partial charge on any atom is 0.417 e. The third-order valence-corrected chi connectivity index (χ3v) is 7.33. The van der Waals surface area contributed by atoms with Crippen LogP contribution in [0.5, 0.6) is 0 Å². The fraction of sp³-hybridized carbons (Fsp3) is 0.560. The van der Waals surface area contributed by atoms with E-state index in [4.69, 9.17) is 5.26 Å². The van der Waals surface area contributed by atoms with Gasteiger partial charge in [-0.25, -0.2) is 0 Å². The summed E-state index contributed by atoms with van der Waals surface area (Å²) in [5, 5.41) is 13.5. The number of hydrogen-bond donors (Lipinski definition) is 0. The van der Waals surface area contributed by atoms with E-state index in [2.05, 4.69) is 16.2 Å². The SMILES string of the molecule is CCn1cc(CN2CCC3(CC2)CC(C(=O)N(C)C)N(c2ccc(C#N)c(C(F)(F)F)c2)C3)cn1. The maximum atomic E-state index is 13.6. The van der Waals surface area contributed by atoms with Gasteiger partial charge in [-0.2, -0.15) is 23.5 Å². The van der Waals surface area contributed by atoms with Crippen molar-refractivity contribution in [1.82, 2.24) is 19.6 Å². The molecule has 0 saturated carbocycles. The molecule has 0 aliphatic carbocycles. The van der Waals surface area contributed by atoms with E-state index in [9.17, 15) is 18.0 Å². The number of benzene rings is 1.